The number of halogens is 9. The molecule has 1 saturated heterocycles. The Morgan fingerprint density at radius 1 is 0.825 bits per heavy atom. The summed E-state index contributed by atoms with van der Waals surface area (Å²) < 4.78 is 134. The first-order valence-corrected chi connectivity index (χ1v) is 12.1. The molecule has 1 aromatic carbocycles. The quantitative estimate of drug-likeness (QED) is 0.307. The maximum Gasteiger partial charge on any atom is 0.434 e. The molecule has 0 radical (unpaired) electrons. The highest BCUT2D eigenvalue weighted by molar-refractivity contribution is 5.83. The van der Waals surface area contributed by atoms with Crippen molar-refractivity contribution in [1.29, 1.82) is 0 Å². The summed E-state index contributed by atoms with van der Waals surface area (Å²) in [5.74, 6) is -0.977. The summed E-state index contributed by atoms with van der Waals surface area (Å²) in [4.78, 5) is 26.0. The van der Waals surface area contributed by atoms with Gasteiger partial charge in [0.15, 0.2) is 0 Å². The molecule has 1 atom stereocenters. The fourth-order valence-corrected chi connectivity index (χ4v) is 4.08. The second-order valence-corrected chi connectivity index (χ2v) is 10.5. The maximum absolute atomic E-state index is 14.3. The van der Waals surface area contributed by atoms with Crippen LogP contribution in [0.2, 0.25) is 0 Å². The van der Waals surface area contributed by atoms with Gasteiger partial charge in [0.1, 0.15) is 17.4 Å². The van der Waals surface area contributed by atoms with Crippen LogP contribution >= 0.6 is 0 Å². The third kappa shape index (κ3) is 7.63. The summed E-state index contributed by atoms with van der Waals surface area (Å²) in [6.07, 6.45) is -22.7. The van der Waals surface area contributed by atoms with Gasteiger partial charge in [-0.3, -0.25) is 4.90 Å². The lowest BCUT2D eigenvalue weighted by atomic mass is 10.0. The van der Waals surface area contributed by atoms with E-state index < -0.39 is 80.1 Å². The van der Waals surface area contributed by atoms with Gasteiger partial charge in [0.25, 0.3) is 6.10 Å². The highest BCUT2D eigenvalue weighted by atomic mass is 19.4. The van der Waals surface area contributed by atoms with Crippen LogP contribution in [0.25, 0.3) is 0 Å². The molecule has 3 rings (SSSR count). The third-order valence-electron chi connectivity index (χ3n) is 6.05. The molecule has 2 fully saturated rings. The SMILES string of the molecule is CC(C)(C)OC(=O)C1(Oc2ccccc2C(N2CCN(C(=O)OC(C(F)(F)F)C(F)(F)F)CC2)C(F)(F)F)CC1. The van der Waals surface area contributed by atoms with Crippen molar-refractivity contribution in [3.8, 4) is 5.75 Å². The van der Waals surface area contributed by atoms with Crippen molar-refractivity contribution in [2.24, 2.45) is 0 Å². The summed E-state index contributed by atoms with van der Waals surface area (Å²) in [6, 6.07) is 2.78. The van der Waals surface area contributed by atoms with Gasteiger partial charge in [0.2, 0.25) is 5.60 Å². The largest absolute Gasteiger partial charge is 0.475 e. The summed E-state index contributed by atoms with van der Waals surface area (Å²) in [5.41, 5.74) is -2.70. The van der Waals surface area contributed by atoms with Crippen LogP contribution in [-0.4, -0.2) is 83.9 Å². The van der Waals surface area contributed by atoms with Gasteiger partial charge in [-0.25, -0.2) is 9.59 Å². The van der Waals surface area contributed by atoms with Gasteiger partial charge in [-0.1, -0.05) is 18.2 Å². The number of ether oxygens (including phenoxy) is 3. The molecule has 40 heavy (non-hydrogen) atoms. The van der Waals surface area contributed by atoms with E-state index in [9.17, 15) is 49.1 Å². The molecule has 1 aromatic rings. The second kappa shape index (κ2) is 10.8. The molecule has 1 unspecified atom stereocenters. The van der Waals surface area contributed by atoms with Crippen molar-refractivity contribution in [1.82, 2.24) is 9.80 Å². The number of para-hydroxylation sites is 1. The summed E-state index contributed by atoms with van der Waals surface area (Å²) in [6.45, 7) is 2.46. The van der Waals surface area contributed by atoms with Crippen LogP contribution in [0.15, 0.2) is 24.3 Å². The zero-order valence-corrected chi connectivity index (χ0v) is 21.5. The van der Waals surface area contributed by atoms with Crippen LogP contribution in [0.3, 0.4) is 0 Å². The average molecular weight is 594 g/mol. The minimum absolute atomic E-state index is 0.213. The van der Waals surface area contributed by atoms with Crippen LogP contribution in [0.1, 0.15) is 45.2 Å². The van der Waals surface area contributed by atoms with E-state index in [1.54, 1.807) is 20.8 Å². The highest BCUT2D eigenvalue weighted by Gasteiger charge is 2.60. The first-order valence-electron chi connectivity index (χ1n) is 12.1. The molecule has 226 valence electrons. The number of amides is 1. The van der Waals surface area contributed by atoms with Crippen molar-refractivity contribution in [3.63, 3.8) is 0 Å². The van der Waals surface area contributed by atoms with E-state index >= 15 is 0 Å². The van der Waals surface area contributed by atoms with Gasteiger partial charge in [-0.05, 0) is 26.8 Å². The Labute approximate surface area is 223 Å². The molecule has 16 heteroatoms. The molecule has 2 aliphatic rings. The minimum Gasteiger partial charge on any atom is -0.475 e. The van der Waals surface area contributed by atoms with Gasteiger partial charge in [-0.2, -0.15) is 39.5 Å². The molecule has 1 aliphatic heterocycles. The molecule has 0 N–H and O–H groups in total. The first-order chi connectivity index (χ1) is 18.1. The predicted octanol–water partition coefficient (Wildman–Crippen LogP) is 5.79. The van der Waals surface area contributed by atoms with Crippen molar-refractivity contribution in [3.05, 3.63) is 29.8 Å². The number of benzene rings is 1. The summed E-state index contributed by atoms with van der Waals surface area (Å²) in [7, 11) is 0. The van der Waals surface area contributed by atoms with Crippen LogP contribution in [0, 0.1) is 0 Å². The monoisotopic (exact) mass is 594 g/mol. The number of carbonyl (C=O) groups is 2. The molecule has 1 amide bonds. The Balaban J connectivity index is 1.77. The molecule has 0 aromatic heterocycles. The molecular weight excluding hydrogens is 567 g/mol. The zero-order valence-electron chi connectivity index (χ0n) is 21.5. The smallest absolute Gasteiger partial charge is 0.434 e. The normalized spacial score (nSPS) is 19.3. The number of carbonyl (C=O) groups excluding carboxylic acids is 2. The number of hydrogen-bond acceptors (Lipinski definition) is 6. The Morgan fingerprint density at radius 3 is 1.80 bits per heavy atom. The fourth-order valence-electron chi connectivity index (χ4n) is 4.08. The van der Waals surface area contributed by atoms with Crippen molar-refractivity contribution in [2.75, 3.05) is 26.2 Å². The van der Waals surface area contributed by atoms with E-state index in [1.807, 2.05) is 0 Å². The van der Waals surface area contributed by atoms with Gasteiger partial charge in [-0.15, -0.1) is 0 Å². The average Bonchev–Trinajstić information content (AvgIpc) is 3.56. The molecule has 1 aliphatic carbocycles. The minimum atomic E-state index is -5.93. The van der Waals surface area contributed by atoms with Crippen molar-refractivity contribution < 1.29 is 63.3 Å². The second-order valence-electron chi connectivity index (χ2n) is 10.5. The number of esters is 1. The van der Waals surface area contributed by atoms with E-state index in [4.69, 9.17) is 9.47 Å². The zero-order chi connectivity index (χ0) is 30.3. The highest BCUT2D eigenvalue weighted by Crippen LogP contribution is 2.47. The molecule has 1 saturated carbocycles. The van der Waals surface area contributed by atoms with Gasteiger partial charge in [0, 0.05) is 44.6 Å². The molecule has 0 bridgehead atoms. The lowest BCUT2D eigenvalue weighted by Gasteiger charge is -2.40. The van der Waals surface area contributed by atoms with Crippen molar-refractivity contribution in [2.45, 2.75) is 75.5 Å². The number of rotatable bonds is 6. The molecule has 0 spiro atoms. The summed E-state index contributed by atoms with van der Waals surface area (Å²) in [5, 5.41) is 0. The third-order valence-corrected chi connectivity index (χ3v) is 6.05. The van der Waals surface area contributed by atoms with Gasteiger partial charge < -0.3 is 19.1 Å². The first kappa shape index (κ1) is 31.6. The Hall–Kier alpha value is -2.91. The van der Waals surface area contributed by atoms with E-state index in [-0.39, 0.29) is 24.2 Å². The van der Waals surface area contributed by atoms with E-state index in [2.05, 4.69) is 4.74 Å². The van der Waals surface area contributed by atoms with Gasteiger partial charge in [0.05, 0.1) is 0 Å². The lowest BCUT2D eigenvalue weighted by molar-refractivity contribution is -0.308. The maximum atomic E-state index is 14.3. The van der Waals surface area contributed by atoms with E-state index in [0.29, 0.717) is 4.90 Å². The number of alkyl halides is 9. The summed E-state index contributed by atoms with van der Waals surface area (Å²) >= 11 is 0. The Morgan fingerprint density at radius 2 is 1.35 bits per heavy atom. The van der Waals surface area contributed by atoms with Crippen LogP contribution in [-0.2, 0) is 14.3 Å². The topological polar surface area (TPSA) is 68.3 Å². The standard InChI is InChI=1S/C24H27F9N2O5/c1-20(2,3)40-18(36)21(8-9-21)39-15-7-5-4-6-14(15)16(22(25,26)27)34-10-12-35(13-11-34)19(37)38-17(23(28,29)30)24(31,32)33/h4-7,16-17H,8-13H2,1-3H3. The van der Waals surface area contributed by atoms with Crippen molar-refractivity contribution >= 4 is 12.1 Å². The number of hydrogen-bond donors (Lipinski definition) is 0. The number of nitrogens with zero attached hydrogens (tertiary/aromatic N) is 2. The Bertz CT molecular complexity index is 1060. The van der Waals surface area contributed by atoms with Crippen LogP contribution in [0.4, 0.5) is 44.3 Å². The lowest BCUT2D eigenvalue weighted by Crippen LogP contribution is -2.54. The number of piperazine rings is 1. The Kier molecular flexibility index (Phi) is 8.55. The predicted molar refractivity (Wildman–Crippen MR) is 119 cm³/mol. The van der Waals surface area contributed by atoms with Crippen LogP contribution < -0.4 is 4.74 Å². The molecule has 1 heterocycles. The van der Waals surface area contributed by atoms with Gasteiger partial charge >= 0.3 is 30.6 Å². The molecular formula is C24H27F9N2O5. The van der Waals surface area contributed by atoms with E-state index in [0.717, 1.165) is 11.0 Å². The van der Waals surface area contributed by atoms with E-state index in [1.165, 1.54) is 18.2 Å². The fraction of sp³-hybridized carbons (Fsp3) is 0.667. The molecule has 7 nitrogen and oxygen atoms in total. The van der Waals surface area contributed by atoms with Crippen LogP contribution in [0.5, 0.6) is 5.75 Å².